The molecule has 1 amide bonds. The van der Waals surface area contributed by atoms with E-state index in [0.717, 1.165) is 25.1 Å². The van der Waals surface area contributed by atoms with Crippen LogP contribution in [0.4, 0.5) is 5.95 Å². The van der Waals surface area contributed by atoms with Gasteiger partial charge in [-0.2, -0.15) is 4.68 Å². The van der Waals surface area contributed by atoms with Crippen LogP contribution in [0.2, 0.25) is 0 Å². The van der Waals surface area contributed by atoms with Crippen molar-refractivity contribution in [2.45, 2.75) is 19.8 Å². The second kappa shape index (κ2) is 6.36. The lowest BCUT2D eigenvalue weighted by Gasteiger charge is -2.33. The Morgan fingerprint density at radius 1 is 1.26 bits per heavy atom. The highest BCUT2D eigenvalue weighted by Gasteiger charge is 2.29. The lowest BCUT2D eigenvalue weighted by atomic mass is 9.97. The molecule has 0 saturated carbocycles. The van der Waals surface area contributed by atoms with E-state index < -0.39 is 0 Å². The van der Waals surface area contributed by atoms with Crippen molar-refractivity contribution in [3.8, 4) is 5.69 Å². The predicted octanol–water partition coefficient (Wildman–Crippen LogP) is 1.28. The number of piperidine rings is 1. The van der Waals surface area contributed by atoms with Crippen LogP contribution in [-0.2, 0) is 4.79 Å². The van der Waals surface area contributed by atoms with E-state index in [1.54, 1.807) is 23.7 Å². The quantitative estimate of drug-likeness (QED) is 0.853. The highest BCUT2D eigenvalue weighted by atomic mass is 16.2. The Morgan fingerprint density at radius 2 is 2.00 bits per heavy atom. The number of tetrazole rings is 1. The van der Waals surface area contributed by atoms with E-state index in [1.165, 1.54) is 5.56 Å². The highest BCUT2D eigenvalue weighted by Crippen LogP contribution is 2.24. The molecule has 1 saturated heterocycles. The van der Waals surface area contributed by atoms with E-state index in [9.17, 15) is 4.79 Å². The van der Waals surface area contributed by atoms with Gasteiger partial charge in [-0.3, -0.25) is 4.79 Å². The van der Waals surface area contributed by atoms with Crippen molar-refractivity contribution in [3.63, 3.8) is 0 Å². The summed E-state index contributed by atoms with van der Waals surface area (Å²) in [7, 11) is 3.61. The number of aromatic nitrogens is 4. The molecule has 1 aliphatic rings. The molecule has 1 aromatic heterocycles. The van der Waals surface area contributed by atoms with Crippen molar-refractivity contribution in [3.05, 3.63) is 29.8 Å². The molecule has 1 atom stereocenters. The zero-order valence-corrected chi connectivity index (χ0v) is 13.8. The fourth-order valence-corrected chi connectivity index (χ4v) is 2.96. The van der Waals surface area contributed by atoms with Gasteiger partial charge in [-0.25, -0.2) is 0 Å². The van der Waals surface area contributed by atoms with E-state index in [0.29, 0.717) is 12.5 Å². The lowest BCUT2D eigenvalue weighted by molar-refractivity contribution is -0.133. The molecule has 3 rings (SSSR count). The molecule has 122 valence electrons. The van der Waals surface area contributed by atoms with Gasteiger partial charge >= 0.3 is 0 Å². The average molecular weight is 314 g/mol. The third-order valence-electron chi connectivity index (χ3n) is 4.23. The van der Waals surface area contributed by atoms with Gasteiger partial charge < -0.3 is 9.80 Å². The van der Waals surface area contributed by atoms with Gasteiger partial charge in [0, 0.05) is 27.2 Å². The summed E-state index contributed by atoms with van der Waals surface area (Å²) in [6, 6.07) is 8.08. The molecule has 0 N–H and O–H groups in total. The molecule has 23 heavy (non-hydrogen) atoms. The van der Waals surface area contributed by atoms with Crippen molar-refractivity contribution in [2.75, 3.05) is 32.1 Å². The number of amides is 1. The zero-order chi connectivity index (χ0) is 16.4. The van der Waals surface area contributed by atoms with Crippen LogP contribution in [0, 0.1) is 12.8 Å². The van der Waals surface area contributed by atoms with Gasteiger partial charge in [-0.05, 0) is 42.3 Å². The Hall–Kier alpha value is -2.44. The van der Waals surface area contributed by atoms with E-state index in [-0.39, 0.29) is 11.8 Å². The predicted molar refractivity (Wildman–Crippen MR) is 87.5 cm³/mol. The molecule has 0 unspecified atom stereocenters. The van der Waals surface area contributed by atoms with Crippen LogP contribution in [0.3, 0.4) is 0 Å². The molecule has 0 bridgehead atoms. The van der Waals surface area contributed by atoms with Crippen LogP contribution in [0.15, 0.2) is 24.3 Å². The Bertz CT molecular complexity index is 678. The molecule has 1 fully saturated rings. The molecule has 0 spiro atoms. The first-order valence-corrected chi connectivity index (χ1v) is 7.88. The average Bonchev–Trinajstić information content (AvgIpc) is 3.04. The molecule has 7 heteroatoms. The Morgan fingerprint density at radius 3 is 2.70 bits per heavy atom. The van der Waals surface area contributed by atoms with Crippen molar-refractivity contribution < 1.29 is 4.79 Å². The van der Waals surface area contributed by atoms with Gasteiger partial charge in [0.1, 0.15) is 0 Å². The first kappa shape index (κ1) is 15.5. The maximum absolute atomic E-state index is 12.2. The lowest BCUT2D eigenvalue weighted by Crippen LogP contribution is -2.43. The van der Waals surface area contributed by atoms with Crippen LogP contribution >= 0.6 is 0 Å². The van der Waals surface area contributed by atoms with E-state index in [1.807, 2.05) is 31.2 Å². The number of nitrogens with zero attached hydrogens (tertiary/aromatic N) is 6. The molecule has 2 heterocycles. The summed E-state index contributed by atoms with van der Waals surface area (Å²) in [4.78, 5) is 16.0. The van der Waals surface area contributed by atoms with Crippen LogP contribution in [-0.4, -0.2) is 58.2 Å². The minimum absolute atomic E-state index is 0.00178. The van der Waals surface area contributed by atoms with Crippen molar-refractivity contribution >= 4 is 11.9 Å². The normalized spacial score (nSPS) is 18.0. The van der Waals surface area contributed by atoms with Crippen molar-refractivity contribution in [2.24, 2.45) is 5.92 Å². The molecule has 1 aliphatic heterocycles. The molecule has 0 aliphatic carbocycles. The zero-order valence-electron chi connectivity index (χ0n) is 13.8. The second-order valence-corrected chi connectivity index (χ2v) is 6.24. The van der Waals surface area contributed by atoms with Crippen LogP contribution < -0.4 is 4.90 Å². The summed E-state index contributed by atoms with van der Waals surface area (Å²) < 4.78 is 1.74. The van der Waals surface area contributed by atoms with Crippen LogP contribution in [0.25, 0.3) is 5.69 Å². The van der Waals surface area contributed by atoms with E-state index in [2.05, 4.69) is 20.4 Å². The number of carbonyl (C=O) groups excluding carboxylic acids is 1. The number of carbonyl (C=O) groups is 1. The third-order valence-corrected chi connectivity index (χ3v) is 4.23. The van der Waals surface area contributed by atoms with Gasteiger partial charge in [0.2, 0.25) is 11.9 Å². The van der Waals surface area contributed by atoms with E-state index in [4.69, 9.17) is 0 Å². The number of benzene rings is 1. The van der Waals surface area contributed by atoms with Crippen LogP contribution in [0.1, 0.15) is 18.4 Å². The van der Waals surface area contributed by atoms with Gasteiger partial charge in [0.25, 0.3) is 0 Å². The maximum Gasteiger partial charge on any atom is 0.250 e. The van der Waals surface area contributed by atoms with Crippen molar-refractivity contribution in [1.29, 1.82) is 0 Å². The Balaban J connectivity index is 1.84. The molecule has 1 aromatic carbocycles. The second-order valence-electron chi connectivity index (χ2n) is 6.24. The number of aryl methyl sites for hydroxylation is 1. The largest absolute Gasteiger partial charge is 0.349 e. The molecule has 2 aromatic rings. The standard InChI is InChI=1S/C16H22N6O/c1-12-6-8-14(9-7-12)22-16(17-18-19-22)21-10-4-5-13(11-21)15(23)20(2)3/h6-9,13H,4-5,10-11H2,1-3H3/t13-/m1/s1. The SMILES string of the molecule is Cc1ccc(-n2nnnc2N2CCC[C@@H](C(=O)N(C)C)C2)cc1. The highest BCUT2D eigenvalue weighted by molar-refractivity contribution is 5.79. The summed E-state index contributed by atoms with van der Waals surface area (Å²) in [5, 5.41) is 12.1. The Labute approximate surface area is 135 Å². The summed E-state index contributed by atoms with van der Waals surface area (Å²) in [5.74, 6) is 0.871. The fourth-order valence-electron chi connectivity index (χ4n) is 2.96. The minimum atomic E-state index is 0.00178. The summed E-state index contributed by atoms with van der Waals surface area (Å²) >= 11 is 0. The summed E-state index contributed by atoms with van der Waals surface area (Å²) in [5.41, 5.74) is 2.12. The topological polar surface area (TPSA) is 67.2 Å². The number of rotatable bonds is 3. The number of anilines is 1. The Kier molecular flexibility index (Phi) is 4.27. The molecule has 7 nitrogen and oxygen atoms in total. The first-order valence-electron chi connectivity index (χ1n) is 7.88. The number of hydrogen-bond donors (Lipinski definition) is 0. The van der Waals surface area contributed by atoms with Crippen molar-refractivity contribution in [1.82, 2.24) is 25.1 Å². The van der Waals surface area contributed by atoms with Gasteiger partial charge in [0.15, 0.2) is 0 Å². The molecular formula is C16H22N6O. The van der Waals surface area contributed by atoms with Gasteiger partial charge in [0.05, 0.1) is 11.6 Å². The molecular weight excluding hydrogens is 292 g/mol. The maximum atomic E-state index is 12.2. The molecule has 0 radical (unpaired) electrons. The monoisotopic (exact) mass is 314 g/mol. The number of hydrogen-bond acceptors (Lipinski definition) is 5. The smallest absolute Gasteiger partial charge is 0.250 e. The van der Waals surface area contributed by atoms with Crippen LogP contribution in [0.5, 0.6) is 0 Å². The van der Waals surface area contributed by atoms with Gasteiger partial charge in [-0.15, -0.1) is 0 Å². The summed E-state index contributed by atoms with van der Waals surface area (Å²) in [6.07, 6.45) is 1.88. The van der Waals surface area contributed by atoms with E-state index >= 15 is 0 Å². The minimum Gasteiger partial charge on any atom is -0.349 e. The summed E-state index contributed by atoms with van der Waals surface area (Å²) in [6.45, 7) is 3.57. The third kappa shape index (κ3) is 3.18. The van der Waals surface area contributed by atoms with Gasteiger partial charge in [-0.1, -0.05) is 22.8 Å². The fraction of sp³-hybridized carbons (Fsp3) is 0.500. The first-order chi connectivity index (χ1) is 11.1.